The summed E-state index contributed by atoms with van der Waals surface area (Å²) < 4.78 is 28.5. The topological polar surface area (TPSA) is 108 Å². The molecule has 2 amide bonds. The fourth-order valence-corrected chi connectivity index (χ4v) is 4.73. The third-order valence-electron chi connectivity index (χ3n) is 5.01. The van der Waals surface area contributed by atoms with Gasteiger partial charge in [-0.2, -0.15) is 8.42 Å². The Labute approximate surface area is 165 Å². The van der Waals surface area contributed by atoms with Crippen LogP contribution in [-0.2, 0) is 19.6 Å². The van der Waals surface area contributed by atoms with Gasteiger partial charge in [-0.1, -0.05) is 19.1 Å². The number of fused-ring (bicyclic) bond motifs is 1. The number of benzene rings is 1. The summed E-state index contributed by atoms with van der Waals surface area (Å²) in [6.07, 6.45) is 2.26. The maximum atomic E-state index is 12.6. The Morgan fingerprint density at radius 3 is 2.82 bits per heavy atom. The number of piperidine rings is 1. The number of sulfonamides is 1. The van der Waals surface area contributed by atoms with E-state index >= 15 is 0 Å². The molecule has 1 saturated heterocycles. The summed E-state index contributed by atoms with van der Waals surface area (Å²) in [4.78, 5) is 26.7. The van der Waals surface area contributed by atoms with E-state index in [2.05, 4.69) is 15.0 Å². The molecule has 152 valence electrons. The predicted octanol–water partition coefficient (Wildman–Crippen LogP) is 0.878. The molecule has 2 atom stereocenters. The average molecular weight is 407 g/mol. The smallest absolute Gasteiger partial charge is 0.285 e. The number of likely N-dealkylation sites (tertiary alicyclic amines) is 1. The van der Waals surface area contributed by atoms with Crippen LogP contribution in [0.4, 0.5) is 0 Å². The number of carbonyl (C=O) groups excluding carboxylic acids is 2. The molecule has 2 heterocycles. The van der Waals surface area contributed by atoms with E-state index in [-0.39, 0.29) is 22.6 Å². The second-order valence-electron chi connectivity index (χ2n) is 7.19. The molecule has 9 heteroatoms. The van der Waals surface area contributed by atoms with Gasteiger partial charge in [0.15, 0.2) is 5.84 Å². The van der Waals surface area contributed by atoms with Gasteiger partial charge in [0.05, 0.1) is 5.92 Å². The summed E-state index contributed by atoms with van der Waals surface area (Å²) in [5.74, 6) is -0.322. The van der Waals surface area contributed by atoms with Crippen molar-refractivity contribution in [1.82, 2.24) is 15.5 Å². The van der Waals surface area contributed by atoms with Gasteiger partial charge < -0.3 is 15.5 Å². The molecule has 0 saturated carbocycles. The van der Waals surface area contributed by atoms with Gasteiger partial charge in [0.25, 0.3) is 10.0 Å². The molecule has 2 aliphatic rings. The van der Waals surface area contributed by atoms with E-state index in [1.807, 2.05) is 11.8 Å². The summed E-state index contributed by atoms with van der Waals surface area (Å²) in [6, 6.07) is 6.13. The quantitative estimate of drug-likeness (QED) is 0.755. The van der Waals surface area contributed by atoms with Gasteiger partial charge in [0.2, 0.25) is 11.8 Å². The van der Waals surface area contributed by atoms with Gasteiger partial charge in [-0.25, -0.2) is 0 Å². The summed E-state index contributed by atoms with van der Waals surface area (Å²) in [5.41, 5.74) is 0.580. The monoisotopic (exact) mass is 406 g/mol. The second kappa shape index (κ2) is 8.30. The third kappa shape index (κ3) is 4.19. The minimum atomic E-state index is -3.69. The zero-order chi connectivity index (χ0) is 20.3. The van der Waals surface area contributed by atoms with Crippen molar-refractivity contribution in [3.05, 3.63) is 29.8 Å². The van der Waals surface area contributed by atoms with Crippen LogP contribution in [0.1, 0.15) is 38.7 Å². The van der Waals surface area contributed by atoms with E-state index in [0.29, 0.717) is 37.5 Å². The van der Waals surface area contributed by atoms with Gasteiger partial charge in [0.1, 0.15) is 10.9 Å². The van der Waals surface area contributed by atoms with E-state index < -0.39 is 16.1 Å². The van der Waals surface area contributed by atoms with E-state index in [1.54, 1.807) is 31.2 Å². The fourth-order valence-electron chi connectivity index (χ4n) is 3.50. The standard InChI is InChI=1S/C19H26N4O4S/c1-3-10-20-18(24)13(2)21-19(25)14-7-6-11-23(12-14)17-15-8-4-5-9-16(15)28(26,27)22-17/h4-5,8-9,13-14H,3,6-7,10-12H2,1-2H3,(H,20,24)(H,21,25)/t13-,14-/m0/s1. The minimum absolute atomic E-state index is 0.196. The van der Waals surface area contributed by atoms with Gasteiger partial charge in [0, 0.05) is 25.2 Å². The van der Waals surface area contributed by atoms with Crippen LogP contribution in [0.2, 0.25) is 0 Å². The van der Waals surface area contributed by atoms with Crippen molar-refractivity contribution < 1.29 is 18.0 Å². The fraction of sp³-hybridized carbons (Fsp3) is 0.526. The molecule has 28 heavy (non-hydrogen) atoms. The molecule has 2 aliphatic heterocycles. The van der Waals surface area contributed by atoms with E-state index in [4.69, 9.17) is 0 Å². The van der Waals surface area contributed by atoms with Gasteiger partial charge in [-0.3, -0.25) is 9.59 Å². The summed E-state index contributed by atoms with van der Waals surface area (Å²) in [5, 5.41) is 5.53. The Hall–Kier alpha value is -2.42. The molecule has 1 fully saturated rings. The lowest BCUT2D eigenvalue weighted by atomic mass is 9.96. The van der Waals surface area contributed by atoms with Crippen LogP contribution in [0.25, 0.3) is 0 Å². The Bertz CT molecular complexity index is 897. The van der Waals surface area contributed by atoms with Crippen LogP contribution in [0.3, 0.4) is 0 Å². The lowest BCUT2D eigenvalue weighted by molar-refractivity contribution is -0.131. The summed E-state index contributed by atoms with van der Waals surface area (Å²) in [7, 11) is -3.69. The van der Waals surface area contributed by atoms with Gasteiger partial charge in [-0.05, 0) is 38.3 Å². The number of rotatable bonds is 5. The largest absolute Gasteiger partial charge is 0.355 e. The number of amides is 2. The van der Waals surface area contributed by atoms with Crippen molar-refractivity contribution in [2.45, 2.75) is 44.0 Å². The third-order valence-corrected chi connectivity index (χ3v) is 6.33. The molecule has 0 bridgehead atoms. The van der Waals surface area contributed by atoms with Gasteiger partial charge in [-0.15, -0.1) is 4.40 Å². The van der Waals surface area contributed by atoms with Crippen LogP contribution in [0.5, 0.6) is 0 Å². The van der Waals surface area contributed by atoms with Crippen LogP contribution in [0.15, 0.2) is 33.6 Å². The van der Waals surface area contributed by atoms with Crippen molar-refractivity contribution in [3.63, 3.8) is 0 Å². The first-order chi connectivity index (χ1) is 13.3. The zero-order valence-corrected chi connectivity index (χ0v) is 17.0. The highest BCUT2D eigenvalue weighted by molar-refractivity contribution is 7.90. The Balaban J connectivity index is 1.68. The molecule has 8 nitrogen and oxygen atoms in total. The van der Waals surface area contributed by atoms with Crippen molar-refractivity contribution in [2.75, 3.05) is 19.6 Å². The molecule has 1 aromatic carbocycles. The molecule has 1 aromatic rings. The summed E-state index contributed by atoms with van der Waals surface area (Å²) in [6.45, 7) is 5.21. The molecule has 0 spiro atoms. The van der Waals surface area contributed by atoms with Crippen LogP contribution < -0.4 is 10.6 Å². The first-order valence-corrected chi connectivity index (χ1v) is 11.0. The first-order valence-electron chi connectivity index (χ1n) is 9.61. The second-order valence-corrected chi connectivity index (χ2v) is 8.77. The van der Waals surface area contributed by atoms with E-state index in [0.717, 1.165) is 12.8 Å². The van der Waals surface area contributed by atoms with Crippen molar-refractivity contribution >= 4 is 27.7 Å². The normalized spacial score (nSPS) is 21.4. The van der Waals surface area contributed by atoms with Crippen molar-refractivity contribution in [1.29, 1.82) is 0 Å². The van der Waals surface area contributed by atoms with Gasteiger partial charge >= 0.3 is 0 Å². The molecular formula is C19H26N4O4S. The minimum Gasteiger partial charge on any atom is -0.355 e. The Morgan fingerprint density at radius 2 is 2.07 bits per heavy atom. The lowest BCUT2D eigenvalue weighted by Crippen LogP contribution is -2.50. The van der Waals surface area contributed by atoms with Crippen molar-refractivity contribution in [3.8, 4) is 0 Å². The van der Waals surface area contributed by atoms with Crippen LogP contribution in [-0.4, -0.2) is 56.6 Å². The molecule has 2 N–H and O–H groups in total. The molecular weight excluding hydrogens is 380 g/mol. The Kier molecular flexibility index (Phi) is 6.02. The molecule has 0 aromatic heterocycles. The molecule has 0 unspecified atom stereocenters. The highest BCUT2D eigenvalue weighted by atomic mass is 32.2. The molecule has 0 aliphatic carbocycles. The highest BCUT2D eigenvalue weighted by Crippen LogP contribution is 2.29. The Morgan fingerprint density at radius 1 is 1.32 bits per heavy atom. The van der Waals surface area contributed by atoms with E-state index in [9.17, 15) is 18.0 Å². The summed E-state index contributed by atoms with van der Waals surface area (Å²) >= 11 is 0. The number of carbonyl (C=O) groups is 2. The lowest BCUT2D eigenvalue weighted by Gasteiger charge is -2.33. The number of nitrogens with zero attached hydrogens (tertiary/aromatic N) is 2. The highest BCUT2D eigenvalue weighted by Gasteiger charge is 2.35. The van der Waals surface area contributed by atoms with Crippen LogP contribution >= 0.6 is 0 Å². The SMILES string of the molecule is CCCNC(=O)[C@H](C)NC(=O)[C@H]1CCCN(C2=NS(=O)(=O)c3ccccc32)C1. The average Bonchev–Trinajstić information content (AvgIpc) is 2.97. The molecule has 3 rings (SSSR count). The number of hydrogen-bond acceptors (Lipinski definition) is 5. The van der Waals surface area contributed by atoms with Crippen molar-refractivity contribution in [2.24, 2.45) is 10.3 Å². The maximum Gasteiger partial charge on any atom is 0.285 e. The predicted molar refractivity (Wildman–Crippen MR) is 105 cm³/mol. The van der Waals surface area contributed by atoms with E-state index in [1.165, 1.54) is 0 Å². The maximum absolute atomic E-state index is 12.6. The molecule has 0 radical (unpaired) electrons. The number of amidine groups is 1. The number of nitrogens with one attached hydrogen (secondary N) is 2. The number of hydrogen-bond donors (Lipinski definition) is 2. The van der Waals surface area contributed by atoms with Crippen LogP contribution in [0, 0.1) is 5.92 Å². The zero-order valence-electron chi connectivity index (χ0n) is 16.1. The first kappa shape index (κ1) is 20.3.